The van der Waals surface area contributed by atoms with Crippen LogP contribution >= 0.6 is 0 Å². The second kappa shape index (κ2) is 7.89. The van der Waals surface area contributed by atoms with Gasteiger partial charge in [0.15, 0.2) is 11.5 Å². The molecule has 0 atom stereocenters. The standard InChI is InChI=1S/C18H18O5/c1-20-15-11-9-13(17(21-2)18(15)22-3)10-12-16(19)23-14-7-5-4-6-8-14/h4-12H,1-3H3/b12-10+. The van der Waals surface area contributed by atoms with E-state index in [9.17, 15) is 4.79 Å². The molecule has 0 spiro atoms. The van der Waals surface area contributed by atoms with Crippen molar-refractivity contribution in [3.8, 4) is 23.0 Å². The van der Waals surface area contributed by atoms with Crippen LogP contribution < -0.4 is 18.9 Å². The van der Waals surface area contributed by atoms with Gasteiger partial charge in [0, 0.05) is 11.6 Å². The Morgan fingerprint density at radius 1 is 0.870 bits per heavy atom. The summed E-state index contributed by atoms with van der Waals surface area (Å²) < 4.78 is 21.1. The van der Waals surface area contributed by atoms with E-state index in [1.165, 1.54) is 20.3 Å². The van der Waals surface area contributed by atoms with E-state index in [1.807, 2.05) is 6.07 Å². The summed E-state index contributed by atoms with van der Waals surface area (Å²) in [7, 11) is 4.60. The molecule has 5 heteroatoms. The molecule has 0 radical (unpaired) electrons. The quantitative estimate of drug-likeness (QED) is 0.465. The van der Waals surface area contributed by atoms with Crippen LogP contribution in [0.1, 0.15) is 5.56 Å². The Balaban J connectivity index is 2.20. The number of hydrogen-bond acceptors (Lipinski definition) is 5. The summed E-state index contributed by atoms with van der Waals surface area (Å²) in [5.41, 5.74) is 0.676. The van der Waals surface area contributed by atoms with Gasteiger partial charge < -0.3 is 18.9 Å². The Hall–Kier alpha value is -2.95. The minimum absolute atomic E-state index is 0.466. The Bertz CT molecular complexity index is 692. The first-order valence-corrected chi connectivity index (χ1v) is 6.93. The summed E-state index contributed by atoms with van der Waals surface area (Å²) in [6.07, 6.45) is 2.93. The van der Waals surface area contributed by atoms with Crippen LogP contribution in [0.2, 0.25) is 0 Å². The summed E-state index contributed by atoms with van der Waals surface area (Å²) in [5, 5.41) is 0. The van der Waals surface area contributed by atoms with E-state index in [0.717, 1.165) is 0 Å². The van der Waals surface area contributed by atoms with E-state index in [-0.39, 0.29) is 0 Å². The van der Waals surface area contributed by atoms with Crippen molar-refractivity contribution in [2.45, 2.75) is 0 Å². The first kappa shape index (κ1) is 16.4. The summed E-state index contributed by atoms with van der Waals surface area (Å²) in [5.74, 6) is 1.51. The van der Waals surface area contributed by atoms with Gasteiger partial charge in [-0.1, -0.05) is 18.2 Å². The molecule has 0 aromatic heterocycles. The van der Waals surface area contributed by atoms with Crippen LogP contribution in [0.4, 0.5) is 0 Å². The van der Waals surface area contributed by atoms with Gasteiger partial charge in [-0.3, -0.25) is 0 Å². The van der Waals surface area contributed by atoms with Crippen LogP contribution in [0.25, 0.3) is 6.08 Å². The lowest BCUT2D eigenvalue weighted by Gasteiger charge is -2.13. The zero-order chi connectivity index (χ0) is 16.7. The molecule has 0 bridgehead atoms. The molecule has 0 aliphatic carbocycles. The van der Waals surface area contributed by atoms with Gasteiger partial charge in [0.2, 0.25) is 5.75 Å². The maximum Gasteiger partial charge on any atom is 0.336 e. The van der Waals surface area contributed by atoms with Gasteiger partial charge in [-0.15, -0.1) is 0 Å². The fourth-order valence-electron chi connectivity index (χ4n) is 2.05. The molecule has 0 aliphatic heterocycles. The summed E-state index contributed by atoms with van der Waals surface area (Å²) in [4.78, 5) is 11.9. The number of benzene rings is 2. The van der Waals surface area contributed by atoms with Gasteiger partial charge in [-0.05, 0) is 30.3 Å². The molecule has 2 aromatic carbocycles. The molecule has 5 nitrogen and oxygen atoms in total. The SMILES string of the molecule is COc1ccc(/C=C/C(=O)Oc2ccccc2)c(OC)c1OC. The molecular formula is C18H18O5. The molecule has 2 rings (SSSR count). The molecule has 2 aromatic rings. The van der Waals surface area contributed by atoms with E-state index in [0.29, 0.717) is 28.6 Å². The van der Waals surface area contributed by atoms with Crippen LogP contribution in [-0.4, -0.2) is 27.3 Å². The van der Waals surface area contributed by atoms with Gasteiger partial charge in [0.05, 0.1) is 21.3 Å². The third-order valence-electron chi connectivity index (χ3n) is 3.10. The van der Waals surface area contributed by atoms with Crippen molar-refractivity contribution in [2.24, 2.45) is 0 Å². The molecule has 0 amide bonds. The molecule has 0 unspecified atom stereocenters. The highest BCUT2D eigenvalue weighted by Crippen LogP contribution is 2.40. The van der Waals surface area contributed by atoms with E-state index < -0.39 is 5.97 Å². The number of rotatable bonds is 6. The summed E-state index contributed by atoms with van der Waals surface area (Å²) >= 11 is 0. The first-order valence-electron chi connectivity index (χ1n) is 6.93. The number of esters is 1. The molecule has 0 fully saturated rings. The molecular weight excluding hydrogens is 296 g/mol. The zero-order valence-electron chi connectivity index (χ0n) is 13.2. The van der Waals surface area contributed by atoms with Gasteiger partial charge >= 0.3 is 5.97 Å². The van der Waals surface area contributed by atoms with E-state index in [4.69, 9.17) is 18.9 Å². The molecule has 0 aliphatic rings. The van der Waals surface area contributed by atoms with Gasteiger partial charge in [0.1, 0.15) is 5.75 Å². The largest absolute Gasteiger partial charge is 0.493 e. The number of carbonyl (C=O) groups excluding carboxylic acids is 1. The topological polar surface area (TPSA) is 54.0 Å². The monoisotopic (exact) mass is 314 g/mol. The zero-order valence-corrected chi connectivity index (χ0v) is 13.2. The van der Waals surface area contributed by atoms with E-state index >= 15 is 0 Å². The van der Waals surface area contributed by atoms with Crippen LogP contribution in [0.3, 0.4) is 0 Å². The van der Waals surface area contributed by atoms with Crippen molar-refractivity contribution in [1.29, 1.82) is 0 Å². The predicted molar refractivity (Wildman–Crippen MR) is 87.2 cm³/mol. The highest BCUT2D eigenvalue weighted by atomic mass is 16.5. The maximum atomic E-state index is 11.9. The highest BCUT2D eigenvalue weighted by Gasteiger charge is 2.14. The molecule has 0 N–H and O–H groups in total. The minimum atomic E-state index is -0.479. The molecule has 0 saturated carbocycles. The van der Waals surface area contributed by atoms with Crippen molar-refractivity contribution < 1.29 is 23.7 Å². The first-order chi connectivity index (χ1) is 11.2. The Morgan fingerprint density at radius 2 is 1.57 bits per heavy atom. The molecule has 0 saturated heterocycles. The van der Waals surface area contributed by atoms with Gasteiger partial charge in [-0.2, -0.15) is 0 Å². The lowest BCUT2D eigenvalue weighted by atomic mass is 10.1. The Morgan fingerprint density at radius 3 is 2.17 bits per heavy atom. The lowest BCUT2D eigenvalue weighted by molar-refractivity contribution is -0.128. The number of ether oxygens (including phenoxy) is 4. The average Bonchev–Trinajstić information content (AvgIpc) is 2.59. The second-order valence-corrected chi connectivity index (χ2v) is 4.49. The summed E-state index contributed by atoms with van der Waals surface area (Å²) in [6, 6.07) is 12.4. The van der Waals surface area contributed by atoms with Crippen molar-refractivity contribution in [3.05, 3.63) is 54.1 Å². The van der Waals surface area contributed by atoms with Crippen LogP contribution in [0.5, 0.6) is 23.0 Å². The normalized spacial score (nSPS) is 10.4. The molecule has 120 valence electrons. The predicted octanol–water partition coefficient (Wildman–Crippen LogP) is 3.33. The third kappa shape index (κ3) is 4.03. The Kier molecular flexibility index (Phi) is 5.63. The van der Waals surface area contributed by atoms with Crippen molar-refractivity contribution in [2.75, 3.05) is 21.3 Å². The number of carbonyl (C=O) groups is 1. The van der Waals surface area contributed by atoms with Crippen LogP contribution in [-0.2, 0) is 4.79 Å². The van der Waals surface area contributed by atoms with Gasteiger partial charge in [0.25, 0.3) is 0 Å². The molecule has 23 heavy (non-hydrogen) atoms. The van der Waals surface area contributed by atoms with Crippen molar-refractivity contribution >= 4 is 12.0 Å². The minimum Gasteiger partial charge on any atom is -0.493 e. The molecule has 0 heterocycles. The van der Waals surface area contributed by atoms with Crippen LogP contribution in [0.15, 0.2) is 48.5 Å². The number of methoxy groups -OCH3 is 3. The fraction of sp³-hybridized carbons (Fsp3) is 0.167. The number of hydrogen-bond donors (Lipinski definition) is 0. The van der Waals surface area contributed by atoms with Crippen molar-refractivity contribution in [1.82, 2.24) is 0 Å². The fourth-order valence-corrected chi connectivity index (χ4v) is 2.05. The lowest BCUT2D eigenvalue weighted by Crippen LogP contribution is -2.03. The highest BCUT2D eigenvalue weighted by molar-refractivity contribution is 5.89. The van der Waals surface area contributed by atoms with Crippen LogP contribution in [0, 0.1) is 0 Å². The Labute approximate surface area is 135 Å². The van der Waals surface area contributed by atoms with E-state index in [2.05, 4.69) is 0 Å². The average molecular weight is 314 g/mol. The summed E-state index contributed by atoms with van der Waals surface area (Å²) in [6.45, 7) is 0. The number of para-hydroxylation sites is 1. The smallest absolute Gasteiger partial charge is 0.336 e. The second-order valence-electron chi connectivity index (χ2n) is 4.49. The third-order valence-corrected chi connectivity index (χ3v) is 3.10. The maximum absolute atomic E-state index is 11.9. The van der Waals surface area contributed by atoms with E-state index in [1.54, 1.807) is 49.6 Å². The van der Waals surface area contributed by atoms with Crippen molar-refractivity contribution in [3.63, 3.8) is 0 Å². The van der Waals surface area contributed by atoms with Gasteiger partial charge in [-0.25, -0.2) is 4.79 Å².